The van der Waals surface area contributed by atoms with E-state index in [2.05, 4.69) is 15.3 Å². The average Bonchev–Trinajstić information content (AvgIpc) is 2.37. The van der Waals surface area contributed by atoms with E-state index in [1.165, 1.54) is 11.8 Å². The number of nitrogen functional groups attached to an aromatic ring is 1. The van der Waals surface area contributed by atoms with Gasteiger partial charge >= 0.3 is 0 Å². The summed E-state index contributed by atoms with van der Waals surface area (Å²) in [6.07, 6.45) is 4.17. The fraction of sp³-hybridized carbons (Fsp3) is 0.636. The minimum atomic E-state index is 0.513. The number of nitrogens with one attached hydrogen (secondary N) is 1. The predicted octanol–water partition coefficient (Wildman–Crippen LogP) is 1.62. The van der Waals surface area contributed by atoms with Gasteiger partial charge in [-0.25, -0.2) is 9.97 Å². The summed E-state index contributed by atoms with van der Waals surface area (Å²) in [6.45, 7) is 2.66. The van der Waals surface area contributed by atoms with Crippen LogP contribution in [0, 0.1) is 5.92 Å². The summed E-state index contributed by atoms with van der Waals surface area (Å²) in [7, 11) is 0. The average molecular weight is 254 g/mol. The molecule has 1 aromatic rings. The van der Waals surface area contributed by atoms with Crippen LogP contribution in [-0.2, 0) is 4.74 Å². The van der Waals surface area contributed by atoms with Crippen molar-refractivity contribution in [2.75, 3.05) is 37.1 Å². The zero-order chi connectivity index (χ0) is 12.1. The maximum atomic E-state index is 5.72. The number of thioether (sulfide) groups is 1. The normalized spacial score (nSPS) is 17.0. The summed E-state index contributed by atoms with van der Waals surface area (Å²) in [5.41, 5.74) is 5.72. The van der Waals surface area contributed by atoms with Crippen LogP contribution in [0.25, 0.3) is 0 Å². The lowest BCUT2D eigenvalue weighted by Gasteiger charge is -2.22. The third kappa shape index (κ3) is 3.74. The van der Waals surface area contributed by atoms with Gasteiger partial charge in [0, 0.05) is 25.8 Å². The summed E-state index contributed by atoms with van der Waals surface area (Å²) in [5.74, 6) is 1.99. The largest absolute Gasteiger partial charge is 0.383 e. The molecule has 5 nitrogen and oxygen atoms in total. The molecule has 3 N–H and O–H groups in total. The molecule has 1 saturated heterocycles. The molecule has 1 aromatic heterocycles. The third-order valence-electron chi connectivity index (χ3n) is 2.82. The van der Waals surface area contributed by atoms with Crippen molar-refractivity contribution in [3.63, 3.8) is 0 Å². The fourth-order valence-corrected chi connectivity index (χ4v) is 2.21. The number of nitrogens with zero attached hydrogens (tertiary/aromatic N) is 2. The number of hydrogen-bond donors (Lipinski definition) is 2. The Bertz CT molecular complexity index is 368. The van der Waals surface area contributed by atoms with E-state index >= 15 is 0 Å². The van der Waals surface area contributed by atoms with Crippen LogP contribution >= 0.6 is 11.8 Å². The first-order valence-electron chi connectivity index (χ1n) is 5.78. The highest BCUT2D eigenvalue weighted by Gasteiger charge is 2.13. The first-order chi connectivity index (χ1) is 8.28. The highest BCUT2D eigenvalue weighted by molar-refractivity contribution is 7.98. The first-order valence-corrected chi connectivity index (χ1v) is 7.00. The molecular weight excluding hydrogens is 236 g/mol. The standard InChI is InChI=1S/C11H18N4OS/c1-17-11-14-9(12)6-10(15-11)13-7-8-2-4-16-5-3-8/h6,8H,2-5,7H2,1H3,(H3,12,13,14,15). The molecule has 0 radical (unpaired) electrons. The van der Waals surface area contributed by atoms with Gasteiger partial charge in [-0.1, -0.05) is 11.8 Å². The van der Waals surface area contributed by atoms with Crippen molar-refractivity contribution in [3.8, 4) is 0 Å². The van der Waals surface area contributed by atoms with Crippen LogP contribution < -0.4 is 11.1 Å². The Kier molecular flexibility index (Phi) is 4.44. The second-order valence-electron chi connectivity index (χ2n) is 4.10. The Hall–Kier alpha value is -1.01. The number of nitrogens with two attached hydrogens (primary N) is 1. The smallest absolute Gasteiger partial charge is 0.191 e. The van der Waals surface area contributed by atoms with Crippen molar-refractivity contribution < 1.29 is 4.74 Å². The summed E-state index contributed by atoms with van der Waals surface area (Å²) in [5, 5.41) is 4.04. The Morgan fingerprint density at radius 2 is 2.24 bits per heavy atom. The lowest BCUT2D eigenvalue weighted by atomic mass is 10.0. The van der Waals surface area contributed by atoms with Crippen molar-refractivity contribution in [1.82, 2.24) is 9.97 Å². The summed E-state index contributed by atoms with van der Waals surface area (Å²) < 4.78 is 5.33. The number of rotatable bonds is 4. The molecule has 0 bridgehead atoms. The van der Waals surface area contributed by atoms with Crippen molar-refractivity contribution >= 4 is 23.4 Å². The maximum Gasteiger partial charge on any atom is 0.191 e. The minimum Gasteiger partial charge on any atom is -0.383 e. The van der Waals surface area contributed by atoms with Gasteiger partial charge in [0.2, 0.25) is 0 Å². The van der Waals surface area contributed by atoms with Gasteiger partial charge < -0.3 is 15.8 Å². The van der Waals surface area contributed by atoms with Crippen molar-refractivity contribution in [3.05, 3.63) is 6.07 Å². The Morgan fingerprint density at radius 1 is 1.47 bits per heavy atom. The van der Waals surface area contributed by atoms with E-state index in [-0.39, 0.29) is 0 Å². The van der Waals surface area contributed by atoms with Crippen LogP contribution in [0.15, 0.2) is 11.2 Å². The van der Waals surface area contributed by atoms with Crippen molar-refractivity contribution in [2.24, 2.45) is 5.92 Å². The summed E-state index contributed by atoms with van der Waals surface area (Å²) in [4.78, 5) is 8.48. The predicted molar refractivity (Wildman–Crippen MR) is 70.3 cm³/mol. The molecule has 0 unspecified atom stereocenters. The summed E-state index contributed by atoms with van der Waals surface area (Å²) in [6, 6.07) is 1.78. The topological polar surface area (TPSA) is 73.1 Å². The van der Waals surface area contributed by atoms with Gasteiger partial charge in [-0.2, -0.15) is 0 Å². The molecule has 1 fully saturated rings. The highest BCUT2D eigenvalue weighted by atomic mass is 32.2. The molecule has 1 aliphatic heterocycles. The van der Waals surface area contributed by atoms with E-state index in [1.807, 2.05) is 6.26 Å². The van der Waals surface area contributed by atoms with Crippen LogP contribution in [0.5, 0.6) is 0 Å². The molecule has 0 amide bonds. The van der Waals surface area contributed by atoms with Gasteiger partial charge in [0.1, 0.15) is 11.6 Å². The number of ether oxygens (including phenoxy) is 1. The Balaban J connectivity index is 1.91. The number of anilines is 2. The monoisotopic (exact) mass is 254 g/mol. The first kappa shape index (κ1) is 12.4. The van der Waals surface area contributed by atoms with E-state index in [9.17, 15) is 0 Å². The van der Waals surface area contributed by atoms with Gasteiger partial charge in [-0.3, -0.25) is 0 Å². The molecular formula is C11H18N4OS. The van der Waals surface area contributed by atoms with Gasteiger partial charge in [0.05, 0.1) is 0 Å². The van der Waals surface area contributed by atoms with Gasteiger partial charge in [-0.05, 0) is 25.0 Å². The molecule has 0 saturated carbocycles. The minimum absolute atomic E-state index is 0.513. The SMILES string of the molecule is CSc1nc(N)cc(NCC2CCOCC2)n1. The number of aromatic nitrogens is 2. The van der Waals surface area contributed by atoms with Crippen LogP contribution in [0.3, 0.4) is 0 Å². The molecule has 0 spiro atoms. The Morgan fingerprint density at radius 3 is 2.94 bits per heavy atom. The molecule has 1 aliphatic rings. The van der Waals surface area contributed by atoms with Crippen LogP contribution in [0.2, 0.25) is 0 Å². The van der Waals surface area contributed by atoms with E-state index in [0.29, 0.717) is 16.9 Å². The molecule has 0 atom stereocenters. The molecule has 2 heterocycles. The fourth-order valence-electron chi connectivity index (χ4n) is 1.82. The third-order valence-corrected chi connectivity index (χ3v) is 3.37. The van der Waals surface area contributed by atoms with Gasteiger partial charge in [0.15, 0.2) is 5.16 Å². The number of hydrogen-bond acceptors (Lipinski definition) is 6. The zero-order valence-corrected chi connectivity index (χ0v) is 10.8. The van der Waals surface area contributed by atoms with E-state index in [4.69, 9.17) is 10.5 Å². The lowest BCUT2D eigenvalue weighted by Crippen LogP contribution is -2.23. The van der Waals surface area contributed by atoms with E-state index < -0.39 is 0 Å². The van der Waals surface area contributed by atoms with Gasteiger partial charge in [-0.15, -0.1) is 0 Å². The second kappa shape index (κ2) is 6.07. The quantitative estimate of drug-likeness (QED) is 0.628. The summed E-state index contributed by atoms with van der Waals surface area (Å²) >= 11 is 1.50. The van der Waals surface area contributed by atoms with E-state index in [0.717, 1.165) is 38.4 Å². The second-order valence-corrected chi connectivity index (χ2v) is 4.87. The molecule has 0 aromatic carbocycles. The molecule has 2 rings (SSSR count). The van der Waals surface area contributed by atoms with Crippen molar-refractivity contribution in [2.45, 2.75) is 18.0 Å². The van der Waals surface area contributed by atoms with Gasteiger partial charge in [0.25, 0.3) is 0 Å². The van der Waals surface area contributed by atoms with Crippen molar-refractivity contribution in [1.29, 1.82) is 0 Å². The van der Waals surface area contributed by atoms with Crippen LogP contribution in [-0.4, -0.2) is 36.0 Å². The highest BCUT2D eigenvalue weighted by Crippen LogP contribution is 2.18. The zero-order valence-electron chi connectivity index (χ0n) is 9.98. The van der Waals surface area contributed by atoms with E-state index in [1.54, 1.807) is 6.07 Å². The maximum absolute atomic E-state index is 5.72. The molecule has 94 valence electrons. The molecule has 17 heavy (non-hydrogen) atoms. The molecule has 0 aliphatic carbocycles. The van der Waals surface area contributed by atoms with Crippen LogP contribution in [0.4, 0.5) is 11.6 Å². The van der Waals surface area contributed by atoms with Crippen LogP contribution in [0.1, 0.15) is 12.8 Å². The molecule has 6 heteroatoms. The Labute approximate surface area is 106 Å². The lowest BCUT2D eigenvalue weighted by molar-refractivity contribution is 0.0699.